The molecule has 2 aromatic rings. The molecule has 0 radical (unpaired) electrons. The Labute approximate surface area is 142 Å². The highest BCUT2D eigenvalue weighted by molar-refractivity contribution is 5.95. The lowest BCUT2D eigenvalue weighted by atomic mass is 10.0. The van der Waals surface area contributed by atoms with Crippen LogP contribution in [0.3, 0.4) is 0 Å². The summed E-state index contributed by atoms with van der Waals surface area (Å²) in [6.45, 7) is 2.14. The average Bonchev–Trinajstić information content (AvgIpc) is 2.67. The number of benzene rings is 2. The molecular formula is C19H22N2O3. The van der Waals surface area contributed by atoms with Crippen molar-refractivity contribution in [1.29, 1.82) is 0 Å². The number of rotatable bonds is 4. The summed E-state index contributed by atoms with van der Waals surface area (Å²) < 4.78 is 10.7. The zero-order chi connectivity index (χ0) is 16.9. The average molecular weight is 326 g/mol. The number of ether oxygens (including phenoxy) is 2. The van der Waals surface area contributed by atoms with Gasteiger partial charge in [0.1, 0.15) is 11.5 Å². The summed E-state index contributed by atoms with van der Waals surface area (Å²) in [5.41, 5.74) is 1.65. The Kier molecular flexibility index (Phi) is 5.01. The summed E-state index contributed by atoms with van der Waals surface area (Å²) in [5.74, 6) is 1.49. The van der Waals surface area contributed by atoms with Crippen LogP contribution in [0, 0.1) is 0 Å². The van der Waals surface area contributed by atoms with E-state index in [-0.39, 0.29) is 11.9 Å². The zero-order valence-electron chi connectivity index (χ0n) is 14.0. The van der Waals surface area contributed by atoms with Crippen molar-refractivity contribution in [2.24, 2.45) is 0 Å². The highest BCUT2D eigenvalue weighted by atomic mass is 16.5. The highest BCUT2D eigenvalue weighted by Gasteiger charge is 2.30. The maximum Gasteiger partial charge on any atom is 0.254 e. The number of hydrogen-bond donors (Lipinski definition) is 1. The Balaban J connectivity index is 1.93. The summed E-state index contributed by atoms with van der Waals surface area (Å²) in [5, 5.41) is 3.37. The molecule has 5 nitrogen and oxygen atoms in total. The summed E-state index contributed by atoms with van der Waals surface area (Å²) in [4.78, 5) is 15.0. The smallest absolute Gasteiger partial charge is 0.254 e. The second-order valence-corrected chi connectivity index (χ2v) is 5.69. The number of amides is 1. The van der Waals surface area contributed by atoms with Gasteiger partial charge in [-0.3, -0.25) is 4.79 Å². The molecule has 0 aliphatic carbocycles. The number of carbonyl (C=O) groups excluding carboxylic acids is 1. The number of piperazine rings is 1. The third-order valence-corrected chi connectivity index (χ3v) is 4.32. The topological polar surface area (TPSA) is 50.8 Å². The Bertz CT molecular complexity index is 717. The van der Waals surface area contributed by atoms with E-state index >= 15 is 0 Å². The molecule has 1 aliphatic heterocycles. The Morgan fingerprint density at radius 2 is 1.96 bits per heavy atom. The molecular weight excluding hydrogens is 304 g/mol. The van der Waals surface area contributed by atoms with Crippen molar-refractivity contribution in [1.82, 2.24) is 10.2 Å². The van der Waals surface area contributed by atoms with Gasteiger partial charge in [0.2, 0.25) is 0 Å². The van der Waals surface area contributed by atoms with Crippen LogP contribution >= 0.6 is 0 Å². The minimum Gasteiger partial charge on any atom is -0.497 e. The van der Waals surface area contributed by atoms with E-state index in [0.29, 0.717) is 24.4 Å². The van der Waals surface area contributed by atoms with E-state index in [9.17, 15) is 4.79 Å². The van der Waals surface area contributed by atoms with Crippen LogP contribution in [-0.2, 0) is 0 Å². The Morgan fingerprint density at radius 3 is 2.75 bits per heavy atom. The summed E-state index contributed by atoms with van der Waals surface area (Å²) >= 11 is 0. The molecule has 1 atom stereocenters. The molecule has 1 fully saturated rings. The van der Waals surface area contributed by atoms with E-state index < -0.39 is 0 Å². The first kappa shape index (κ1) is 16.3. The van der Waals surface area contributed by atoms with Crippen molar-refractivity contribution in [3.05, 3.63) is 59.7 Å². The largest absolute Gasteiger partial charge is 0.497 e. The number of nitrogens with zero attached hydrogens (tertiary/aromatic N) is 1. The van der Waals surface area contributed by atoms with Crippen LogP contribution in [0.5, 0.6) is 11.5 Å². The van der Waals surface area contributed by atoms with E-state index in [1.807, 2.05) is 47.4 Å². The van der Waals surface area contributed by atoms with Gasteiger partial charge in [-0.25, -0.2) is 0 Å². The molecule has 3 rings (SSSR count). The molecule has 126 valence electrons. The quantitative estimate of drug-likeness (QED) is 0.938. The molecule has 1 N–H and O–H groups in total. The predicted molar refractivity (Wildman–Crippen MR) is 92.6 cm³/mol. The first-order valence-electron chi connectivity index (χ1n) is 8.03. The minimum absolute atomic E-state index is 0.00584. The van der Waals surface area contributed by atoms with Crippen LogP contribution in [0.1, 0.15) is 22.0 Å². The highest BCUT2D eigenvalue weighted by Crippen LogP contribution is 2.31. The van der Waals surface area contributed by atoms with Crippen molar-refractivity contribution in [2.45, 2.75) is 6.04 Å². The van der Waals surface area contributed by atoms with Gasteiger partial charge in [-0.1, -0.05) is 24.3 Å². The van der Waals surface area contributed by atoms with Gasteiger partial charge in [-0.05, 0) is 24.3 Å². The fourth-order valence-electron chi connectivity index (χ4n) is 3.09. The fraction of sp³-hybridized carbons (Fsp3) is 0.316. The molecule has 1 amide bonds. The second kappa shape index (κ2) is 7.36. The van der Waals surface area contributed by atoms with Crippen molar-refractivity contribution < 1.29 is 14.3 Å². The Hall–Kier alpha value is -2.53. The van der Waals surface area contributed by atoms with Crippen LogP contribution in [0.25, 0.3) is 0 Å². The summed E-state index contributed by atoms with van der Waals surface area (Å²) in [6.07, 6.45) is 0. The number of methoxy groups -OCH3 is 2. The summed E-state index contributed by atoms with van der Waals surface area (Å²) in [6, 6.07) is 15.1. The van der Waals surface area contributed by atoms with Gasteiger partial charge in [0.25, 0.3) is 5.91 Å². The van der Waals surface area contributed by atoms with Crippen molar-refractivity contribution in [3.8, 4) is 11.5 Å². The maximum absolute atomic E-state index is 13.1. The van der Waals surface area contributed by atoms with E-state index in [1.54, 1.807) is 20.3 Å². The predicted octanol–water partition coefficient (Wildman–Crippen LogP) is 2.49. The third kappa shape index (κ3) is 3.21. The molecule has 0 bridgehead atoms. The minimum atomic E-state index is -0.0615. The number of para-hydroxylation sites is 1. The summed E-state index contributed by atoms with van der Waals surface area (Å²) in [7, 11) is 3.26. The van der Waals surface area contributed by atoms with Crippen molar-refractivity contribution in [3.63, 3.8) is 0 Å². The molecule has 1 aliphatic rings. The van der Waals surface area contributed by atoms with Crippen LogP contribution < -0.4 is 14.8 Å². The standard InChI is InChI=1S/C19H22N2O3/c1-23-15-7-5-6-14(12-15)19(22)21-11-10-20-13-17(21)16-8-3-4-9-18(16)24-2/h3-9,12,17,20H,10-11,13H2,1-2H3/t17-/m1/s1. The number of nitrogens with one attached hydrogen (secondary N) is 1. The third-order valence-electron chi connectivity index (χ3n) is 4.32. The SMILES string of the molecule is COc1cccc(C(=O)N2CCNC[C@@H]2c2ccccc2OC)c1. The molecule has 0 unspecified atom stereocenters. The number of hydrogen-bond acceptors (Lipinski definition) is 4. The fourth-order valence-corrected chi connectivity index (χ4v) is 3.09. The van der Waals surface area contributed by atoms with E-state index in [4.69, 9.17) is 9.47 Å². The molecule has 2 aromatic carbocycles. The zero-order valence-corrected chi connectivity index (χ0v) is 14.0. The molecule has 24 heavy (non-hydrogen) atoms. The van der Waals surface area contributed by atoms with E-state index in [1.165, 1.54) is 0 Å². The van der Waals surface area contributed by atoms with Gasteiger partial charge in [0.05, 0.1) is 20.3 Å². The van der Waals surface area contributed by atoms with E-state index in [2.05, 4.69) is 5.32 Å². The monoisotopic (exact) mass is 326 g/mol. The molecule has 5 heteroatoms. The lowest BCUT2D eigenvalue weighted by Crippen LogP contribution is -2.48. The normalized spacial score (nSPS) is 17.4. The molecule has 0 aromatic heterocycles. The lowest BCUT2D eigenvalue weighted by molar-refractivity contribution is 0.0631. The lowest BCUT2D eigenvalue weighted by Gasteiger charge is -2.37. The van der Waals surface area contributed by atoms with Crippen molar-refractivity contribution in [2.75, 3.05) is 33.9 Å². The van der Waals surface area contributed by atoms with E-state index in [0.717, 1.165) is 17.9 Å². The maximum atomic E-state index is 13.1. The van der Waals surface area contributed by atoms with Gasteiger partial charge < -0.3 is 19.7 Å². The van der Waals surface area contributed by atoms with Crippen LogP contribution in [0.4, 0.5) is 0 Å². The van der Waals surface area contributed by atoms with Crippen LogP contribution in [-0.4, -0.2) is 44.7 Å². The first-order valence-corrected chi connectivity index (χ1v) is 8.03. The number of carbonyl (C=O) groups is 1. The van der Waals surface area contributed by atoms with Crippen LogP contribution in [0.2, 0.25) is 0 Å². The molecule has 0 spiro atoms. The van der Waals surface area contributed by atoms with Gasteiger partial charge in [0.15, 0.2) is 0 Å². The molecule has 0 saturated carbocycles. The van der Waals surface area contributed by atoms with Gasteiger partial charge in [-0.2, -0.15) is 0 Å². The Morgan fingerprint density at radius 1 is 1.12 bits per heavy atom. The van der Waals surface area contributed by atoms with Crippen LogP contribution in [0.15, 0.2) is 48.5 Å². The molecule has 1 heterocycles. The molecule has 1 saturated heterocycles. The van der Waals surface area contributed by atoms with Crippen molar-refractivity contribution >= 4 is 5.91 Å². The second-order valence-electron chi connectivity index (χ2n) is 5.69. The first-order chi connectivity index (χ1) is 11.7. The van der Waals surface area contributed by atoms with Gasteiger partial charge in [-0.15, -0.1) is 0 Å². The van der Waals surface area contributed by atoms with Gasteiger partial charge in [0, 0.05) is 30.8 Å². The van der Waals surface area contributed by atoms with Gasteiger partial charge >= 0.3 is 0 Å².